The van der Waals surface area contributed by atoms with E-state index in [1.54, 1.807) is 6.08 Å². The van der Waals surface area contributed by atoms with E-state index < -0.39 is 12.1 Å². The van der Waals surface area contributed by atoms with Gasteiger partial charge in [0, 0.05) is 6.42 Å². The molecule has 0 heterocycles. The third-order valence-electron chi connectivity index (χ3n) is 12.8. The van der Waals surface area contributed by atoms with E-state index in [0.717, 1.165) is 70.6 Å². The van der Waals surface area contributed by atoms with Crippen LogP contribution in [-0.2, 0) is 4.79 Å². The first-order valence-corrected chi connectivity index (χ1v) is 29.0. The molecule has 0 aromatic rings. The van der Waals surface area contributed by atoms with Crippen molar-refractivity contribution in [2.45, 2.75) is 289 Å². The number of nitrogens with one attached hydrogen (secondary N) is 1. The second kappa shape index (κ2) is 57.6. The lowest BCUT2D eigenvalue weighted by Gasteiger charge is -2.19. The number of carbonyl (C=O) groups excluding carboxylic acids is 1. The van der Waals surface area contributed by atoms with Gasteiger partial charge >= 0.3 is 0 Å². The Morgan fingerprint density at radius 3 is 1.04 bits per heavy atom. The molecule has 0 aromatic carbocycles. The summed E-state index contributed by atoms with van der Waals surface area (Å²) in [5.41, 5.74) is 0. The van der Waals surface area contributed by atoms with Crippen molar-refractivity contribution in [3.05, 3.63) is 97.2 Å². The van der Waals surface area contributed by atoms with Gasteiger partial charge in [0.05, 0.1) is 18.8 Å². The van der Waals surface area contributed by atoms with E-state index in [0.29, 0.717) is 6.42 Å². The molecule has 0 saturated heterocycles. The fourth-order valence-corrected chi connectivity index (χ4v) is 8.42. The molecule has 4 nitrogen and oxygen atoms in total. The van der Waals surface area contributed by atoms with E-state index in [-0.39, 0.29) is 12.5 Å². The SMILES string of the molecule is CC/C=C\C/C=C\C/C=C\C/C=C\C/C=C\CCCCCCCCCCCCCCCCCC(=O)NC(CO)C(O)/C=C/CC/C=C/CC/C=C/CCCCCCCCCCCCCCCC. The Balaban J connectivity index is 3.57. The van der Waals surface area contributed by atoms with Crippen molar-refractivity contribution >= 4 is 5.91 Å². The maximum atomic E-state index is 12.5. The number of allylic oxidation sites excluding steroid dienone is 15. The average molecular weight is 931 g/mol. The summed E-state index contributed by atoms with van der Waals surface area (Å²) in [7, 11) is 0. The molecule has 3 N–H and O–H groups in total. The van der Waals surface area contributed by atoms with Crippen LogP contribution in [0.25, 0.3) is 0 Å². The van der Waals surface area contributed by atoms with Gasteiger partial charge < -0.3 is 15.5 Å². The van der Waals surface area contributed by atoms with Gasteiger partial charge in [-0.1, -0.05) is 278 Å². The van der Waals surface area contributed by atoms with Gasteiger partial charge in [-0.2, -0.15) is 0 Å². The summed E-state index contributed by atoms with van der Waals surface area (Å²) >= 11 is 0. The van der Waals surface area contributed by atoms with Crippen molar-refractivity contribution in [1.82, 2.24) is 5.32 Å². The molecule has 0 rings (SSSR count). The molecule has 0 radical (unpaired) electrons. The third kappa shape index (κ3) is 54.1. The lowest BCUT2D eigenvalue weighted by molar-refractivity contribution is -0.123. The molecule has 67 heavy (non-hydrogen) atoms. The van der Waals surface area contributed by atoms with Crippen molar-refractivity contribution in [3.8, 4) is 0 Å². The quantitative estimate of drug-likeness (QED) is 0.0420. The summed E-state index contributed by atoms with van der Waals surface area (Å²) in [6.07, 6.45) is 85.7. The Morgan fingerprint density at radius 2 is 0.672 bits per heavy atom. The predicted octanol–water partition coefficient (Wildman–Crippen LogP) is 19.3. The first kappa shape index (κ1) is 64.3. The zero-order valence-corrected chi connectivity index (χ0v) is 44.4. The molecule has 0 aliphatic carbocycles. The van der Waals surface area contributed by atoms with Crippen LogP contribution in [0.2, 0.25) is 0 Å². The minimum atomic E-state index is -0.876. The monoisotopic (exact) mass is 930 g/mol. The highest BCUT2D eigenvalue weighted by Gasteiger charge is 2.18. The fourth-order valence-electron chi connectivity index (χ4n) is 8.42. The third-order valence-corrected chi connectivity index (χ3v) is 12.8. The molecular formula is C63H111NO3. The molecule has 2 atom stereocenters. The molecule has 0 saturated carbocycles. The highest BCUT2D eigenvalue weighted by molar-refractivity contribution is 5.76. The second-order valence-electron chi connectivity index (χ2n) is 19.3. The van der Waals surface area contributed by atoms with Crippen LogP contribution >= 0.6 is 0 Å². The number of aliphatic hydroxyl groups excluding tert-OH is 2. The molecule has 1 amide bonds. The van der Waals surface area contributed by atoms with Crippen LogP contribution in [-0.4, -0.2) is 34.9 Å². The predicted molar refractivity (Wildman–Crippen MR) is 299 cm³/mol. The lowest BCUT2D eigenvalue weighted by Crippen LogP contribution is -2.45. The minimum absolute atomic E-state index is 0.0793. The van der Waals surface area contributed by atoms with Crippen LogP contribution in [0.15, 0.2) is 97.2 Å². The van der Waals surface area contributed by atoms with Gasteiger partial charge in [0.15, 0.2) is 0 Å². The van der Waals surface area contributed by atoms with Crippen LogP contribution in [0.5, 0.6) is 0 Å². The lowest BCUT2D eigenvalue weighted by atomic mass is 10.0. The molecule has 4 heteroatoms. The highest BCUT2D eigenvalue weighted by atomic mass is 16.3. The van der Waals surface area contributed by atoms with Gasteiger partial charge in [-0.15, -0.1) is 0 Å². The van der Waals surface area contributed by atoms with Crippen LogP contribution < -0.4 is 5.32 Å². The number of hydrogen-bond donors (Lipinski definition) is 3. The minimum Gasteiger partial charge on any atom is -0.394 e. The fraction of sp³-hybridized carbons (Fsp3) is 0.730. The summed E-state index contributed by atoms with van der Waals surface area (Å²) in [5, 5.41) is 23.2. The Hall–Kier alpha value is -2.69. The largest absolute Gasteiger partial charge is 0.394 e. The van der Waals surface area contributed by atoms with Crippen LogP contribution in [0.3, 0.4) is 0 Å². The smallest absolute Gasteiger partial charge is 0.220 e. The topological polar surface area (TPSA) is 69.6 Å². The Kier molecular flexibility index (Phi) is 55.3. The normalized spacial score (nSPS) is 13.6. The van der Waals surface area contributed by atoms with Gasteiger partial charge in [-0.3, -0.25) is 4.79 Å². The molecular weight excluding hydrogens is 819 g/mol. The van der Waals surface area contributed by atoms with Gasteiger partial charge in [0.1, 0.15) is 0 Å². The van der Waals surface area contributed by atoms with E-state index >= 15 is 0 Å². The summed E-state index contributed by atoms with van der Waals surface area (Å²) < 4.78 is 0. The van der Waals surface area contributed by atoms with Crippen LogP contribution in [0.1, 0.15) is 277 Å². The molecule has 0 bridgehead atoms. The molecule has 0 aromatic heterocycles. The summed E-state index contributed by atoms with van der Waals surface area (Å²) in [4.78, 5) is 12.5. The first-order chi connectivity index (χ1) is 33.2. The Bertz CT molecular complexity index is 1240. The Labute approximate surface area is 417 Å². The second-order valence-corrected chi connectivity index (χ2v) is 19.3. The molecule has 0 aliphatic rings. The van der Waals surface area contributed by atoms with E-state index in [1.807, 2.05) is 6.08 Å². The number of hydrogen-bond acceptors (Lipinski definition) is 3. The Morgan fingerprint density at radius 1 is 0.373 bits per heavy atom. The average Bonchev–Trinajstić information content (AvgIpc) is 3.33. The van der Waals surface area contributed by atoms with E-state index in [2.05, 4.69) is 104 Å². The molecule has 2 unspecified atom stereocenters. The van der Waals surface area contributed by atoms with Crippen molar-refractivity contribution in [3.63, 3.8) is 0 Å². The van der Waals surface area contributed by atoms with Gasteiger partial charge in [0.25, 0.3) is 0 Å². The van der Waals surface area contributed by atoms with Crippen LogP contribution in [0, 0.1) is 0 Å². The number of aliphatic hydroxyl groups is 2. The summed E-state index contributed by atoms with van der Waals surface area (Å²) in [5.74, 6) is -0.0793. The zero-order chi connectivity index (χ0) is 48.5. The van der Waals surface area contributed by atoms with E-state index in [1.165, 1.54) is 186 Å². The van der Waals surface area contributed by atoms with Gasteiger partial charge in [0.2, 0.25) is 5.91 Å². The molecule has 0 spiro atoms. The van der Waals surface area contributed by atoms with Gasteiger partial charge in [-0.05, 0) is 89.9 Å². The number of amides is 1. The number of unbranched alkanes of at least 4 members (excludes halogenated alkanes) is 31. The molecule has 386 valence electrons. The van der Waals surface area contributed by atoms with Gasteiger partial charge in [-0.25, -0.2) is 0 Å². The number of rotatable bonds is 52. The van der Waals surface area contributed by atoms with Crippen LogP contribution in [0.4, 0.5) is 0 Å². The van der Waals surface area contributed by atoms with Crippen molar-refractivity contribution in [1.29, 1.82) is 0 Å². The molecule has 0 aliphatic heterocycles. The first-order valence-electron chi connectivity index (χ1n) is 29.0. The molecule has 0 fully saturated rings. The van der Waals surface area contributed by atoms with Crippen molar-refractivity contribution < 1.29 is 15.0 Å². The van der Waals surface area contributed by atoms with Crippen molar-refractivity contribution in [2.24, 2.45) is 0 Å². The maximum Gasteiger partial charge on any atom is 0.220 e. The summed E-state index contributed by atoms with van der Waals surface area (Å²) in [6.45, 7) is 4.19. The van der Waals surface area contributed by atoms with Crippen molar-refractivity contribution in [2.75, 3.05) is 6.61 Å². The zero-order valence-electron chi connectivity index (χ0n) is 44.4. The summed E-state index contributed by atoms with van der Waals surface area (Å²) in [6, 6.07) is -0.652. The van der Waals surface area contributed by atoms with E-state index in [4.69, 9.17) is 0 Å². The maximum absolute atomic E-state index is 12.5. The standard InChI is InChI=1S/C63H111NO3/c1-3-5-7-9-11-13-15-17-19-21-23-25-27-29-30-31-32-33-34-35-37-39-41-43-45-47-49-51-53-55-57-59-63(67)64-61(60-65)62(66)58-56-54-52-50-48-46-44-42-40-38-36-28-26-24-22-20-18-16-14-12-10-8-6-4-2/h5,7,11,13,17,19,23,25,29-30,40,42,48,50,56,58,61-62,65-66H,3-4,6,8-10,12,14-16,18,20-22,24,26-28,31-39,41,43-47,49,51-55,57,59-60H2,1-2H3,(H,64,67)/b7-5-,13-11-,19-17-,25-23-,30-29-,42-40+,50-48+,58-56+. The van der Waals surface area contributed by atoms with E-state index in [9.17, 15) is 15.0 Å². The number of carbonyl (C=O) groups is 1. The highest BCUT2D eigenvalue weighted by Crippen LogP contribution is 2.16.